The van der Waals surface area contributed by atoms with Gasteiger partial charge in [0.2, 0.25) is 0 Å². The highest BCUT2D eigenvalue weighted by Crippen LogP contribution is 2.11. The number of nitrogens with zero attached hydrogens (tertiary/aromatic N) is 2. The zero-order valence-corrected chi connectivity index (χ0v) is 10.5. The van der Waals surface area contributed by atoms with Gasteiger partial charge in [0.05, 0.1) is 5.69 Å². The number of anilines is 1. The normalized spacial score (nSPS) is 11.1. The molecule has 0 unspecified atom stereocenters. The zero-order chi connectivity index (χ0) is 11.1. The van der Waals surface area contributed by atoms with Gasteiger partial charge in [-0.3, -0.25) is 0 Å². The van der Waals surface area contributed by atoms with Crippen molar-refractivity contribution in [1.82, 2.24) is 9.88 Å². The Morgan fingerprint density at radius 1 is 1.40 bits per heavy atom. The van der Waals surface area contributed by atoms with E-state index in [-0.39, 0.29) is 0 Å². The van der Waals surface area contributed by atoms with Gasteiger partial charge in [0.1, 0.15) is 0 Å². The second-order valence-corrected chi connectivity index (χ2v) is 4.60. The van der Waals surface area contributed by atoms with Crippen LogP contribution >= 0.6 is 11.3 Å². The van der Waals surface area contributed by atoms with Crippen LogP contribution in [0.15, 0.2) is 5.38 Å². The standard InChI is InChI=1S/C11H21N3S/c1-3-5-7-14(4-2)8-6-10-9-15-11(12)13-10/h9H,3-8H2,1-2H3,(H2,12,13). The molecule has 0 aliphatic heterocycles. The Morgan fingerprint density at radius 3 is 2.73 bits per heavy atom. The molecule has 1 aromatic rings. The predicted molar refractivity (Wildman–Crippen MR) is 67.3 cm³/mol. The van der Waals surface area contributed by atoms with E-state index in [1.807, 2.05) is 0 Å². The first kappa shape index (κ1) is 12.5. The summed E-state index contributed by atoms with van der Waals surface area (Å²) in [7, 11) is 0. The van der Waals surface area contributed by atoms with Crippen molar-refractivity contribution < 1.29 is 0 Å². The van der Waals surface area contributed by atoms with Crippen molar-refractivity contribution in [1.29, 1.82) is 0 Å². The molecule has 0 bridgehead atoms. The van der Waals surface area contributed by atoms with E-state index < -0.39 is 0 Å². The van der Waals surface area contributed by atoms with Crippen molar-refractivity contribution in [2.24, 2.45) is 0 Å². The first-order chi connectivity index (χ1) is 7.26. The maximum Gasteiger partial charge on any atom is 0.180 e. The smallest absolute Gasteiger partial charge is 0.180 e. The molecule has 1 rings (SSSR count). The largest absolute Gasteiger partial charge is 0.375 e. The van der Waals surface area contributed by atoms with Gasteiger partial charge in [-0.05, 0) is 19.5 Å². The Labute approximate surface area is 96.3 Å². The van der Waals surface area contributed by atoms with Gasteiger partial charge in [0.15, 0.2) is 5.13 Å². The fourth-order valence-electron chi connectivity index (χ4n) is 1.52. The lowest BCUT2D eigenvalue weighted by Crippen LogP contribution is -2.26. The maximum absolute atomic E-state index is 5.59. The molecule has 0 spiro atoms. The van der Waals surface area contributed by atoms with Crippen LogP contribution in [0.5, 0.6) is 0 Å². The van der Waals surface area contributed by atoms with E-state index in [1.54, 1.807) is 0 Å². The van der Waals surface area contributed by atoms with E-state index in [0.717, 1.165) is 25.2 Å². The van der Waals surface area contributed by atoms with Crippen LogP contribution in [0.25, 0.3) is 0 Å². The quantitative estimate of drug-likeness (QED) is 0.777. The zero-order valence-electron chi connectivity index (χ0n) is 9.70. The second-order valence-electron chi connectivity index (χ2n) is 3.71. The van der Waals surface area contributed by atoms with E-state index in [4.69, 9.17) is 5.73 Å². The van der Waals surface area contributed by atoms with Crippen molar-refractivity contribution >= 4 is 16.5 Å². The van der Waals surface area contributed by atoms with E-state index in [2.05, 4.69) is 29.1 Å². The van der Waals surface area contributed by atoms with Crippen LogP contribution in [0.1, 0.15) is 32.4 Å². The molecule has 86 valence electrons. The Morgan fingerprint density at radius 2 is 2.20 bits per heavy atom. The van der Waals surface area contributed by atoms with E-state index >= 15 is 0 Å². The number of hydrogen-bond donors (Lipinski definition) is 1. The van der Waals surface area contributed by atoms with E-state index in [0.29, 0.717) is 5.13 Å². The summed E-state index contributed by atoms with van der Waals surface area (Å²) >= 11 is 1.53. The highest BCUT2D eigenvalue weighted by molar-refractivity contribution is 7.13. The van der Waals surface area contributed by atoms with Crippen LogP contribution in [0.4, 0.5) is 5.13 Å². The Bertz CT molecular complexity index is 273. The minimum Gasteiger partial charge on any atom is -0.375 e. The first-order valence-electron chi connectivity index (χ1n) is 5.68. The SMILES string of the molecule is CCCCN(CC)CCc1csc(N)n1. The van der Waals surface area contributed by atoms with Crippen molar-refractivity contribution in [2.75, 3.05) is 25.4 Å². The molecule has 0 aliphatic rings. The molecule has 2 N–H and O–H groups in total. The summed E-state index contributed by atoms with van der Waals surface area (Å²) in [5, 5.41) is 2.74. The summed E-state index contributed by atoms with van der Waals surface area (Å²) in [5.74, 6) is 0. The Hall–Kier alpha value is -0.610. The molecular weight excluding hydrogens is 206 g/mol. The summed E-state index contributed by atoms with van der Waals surface area (Å²) in [4.78, 5) is 6.74. The van der Waals surface area contributed by atoms with Gasteiger partial charge in [0.25, 0.3) is 0 Å². The van der Waals surface area contributed by atoms with Crippen LogP contribution in [0, 0.1) is 0 Å². The van der Waals surface area contributed by atoms with Crippen molar-refractivity contribution in [2.45, 2.75) is 33.1 Å². The second kappa shape index (κ2) is 6.80. The lowest BCUT2D eigenvalue weighted by molar-refractivity contribution is 0.286. The Balaban J connectivity index is 2.27. The molecule has 0 fully saturated rings. The molecule has 4 heteroatoms. The lowest BCUT2D eigenvalue weighted by atomic mass is 10.2. The van der Waals surface area contributed by atoms with Crippen molar-refractivity contribution in [3.63, 3.8) is 0 Å². The average molecular weight is 227 g/mol. The van der Waals surface area contributed by atoms with Crippen molar-refractivity contribution in [3.8, 4) is 0 Å². The number of hydrogen-bond acceptors (Lipinski definition) is 4. The fraction of sp³-hybridized carbons (Fsp3) is 0.727. The molecule has 0 saturated heterocycles. The average Bonchev–Trinajstić information content (AvgIpc) is 2.65. The van der Waals surface area contributed by atoms with E-state index in [1.165, 1.54) is 30.7 Å². The maximum atomic E-state index is 5.59. The summed E-state index contributed by atoms with van der Waals surface area (Å²) in [6, 6.07) is 0. The van der Waals surface area contributed by atoms with Gasteiger partial charge in [-0.25, -0.2) is 4.98 Å². The molecule has 15 heavy (non-hydrogen) atoms. The Kier molecular flexibility index (Phi) is 5.65. The van der Waals surface area contributed by atoms with E-state index in [9.17, 15) is 0 Å². The van der Waals surface area contributed by atoms with Gasteiger partial charge < -0.3 is 10.6 Å². The topological polar surface area (TPSA) is 42.1 Å². The molecule has 3 nitrogen and oxygen atoms in total. The third-order valence-electron chi connectivity index (χ3n) is 2.53. The number of rotatable bonds is 7. The summed E-state index contributed by atoms with van der Waals surface area (Å²) < 4.78 is 0. The van der Waals surface area contributed by atoms with Crippen LogP contribution < -0.4 is 5.73 Å². The molecule has 0 aromatic carbocycles. The van der Waals surface area contributed by atoms with Crippen LogP contribution in [-0.4, -0.2) is 29.5 Å². The molecule has 1 aromatic heterocycles. The molecule has 1 heterocycles. The predicted octanol–water partition coefficient (Wildman–Crippen LogP) is 2.39. The van der Waals surface area contributed by atoms with Gasteiger partial charge in [-0.1, -0.05) is 20.3 Å². The lowest BCUT2D eigenvalue weighted by Gasteiger charge is -2.19. The highest BCUT2D eigenvalue weighted by atomic mass is 32.1. The third-order valence-corrected chi connectivity index (χ3v) is 3.25. The number of nitrogens with two attached hydrogens (primary N) is 1. The number of aromatic nitrogens is 1. The fourth-order valence-corrected chi connectivity index (χ4v) is 2.12. The van der Waals surface area contributed by atoms with Crippen LogP contribution in [0.3, 0.4) is 0 Å². The molecular formula is C11H21N3S. The summed E-state index contributed by atoms with van der Waals surface area (Å²) in [6.45, 7) is 7.87. The molecule has 0 saturated carbocycles. The number of unbranched alkanes of at least 4 members (excludes halogenated alkanes) is 1. The summed E-state index contributed by atoms with van der Waals surface area (Å²) in [6.07, 6.45) is 3.57. The van der Waals surface area contributed by atoms with Crippen LogP contribution in [0.2, 0.25) is 0 Å². The monoisotopic (exact) mass is 227 g/mol. The number of likely N-dealkylation sites (N-methyl/N-ethyl adjacent to an activating group) is 1. The number of nitrogen functional groups attached to an aromatic ring is 1. The number of thiazole rings is 1. The summed E-state index contributed by atoms with van der Waals surface area (Å²) in [5.41, 5.74) is 6.72. The minimum absolute atomic E-state index is 0.682. The van der Waals surface area contributed by atoms with Crippen LogP contribution in [-0.2, 0) is 6.42 Å². The van der Waals surface area contributed by atoms with Crippen molar-refractivity contribution in [3.05, 3.63) is 11.1 Å². The van der Waals surface area contributed by atoms with Gasteiger partial charge in [-0.2, -0.15) is 0 Å². The van der Waals surface area contributed by atoms with Gasteiger partial charge in [-0.15, -0.1) is 11.3 Å². The highest BCUT2D eigenvalue weighted by Gasteiger charge is 2.04. The third kappa shape index (κ3) is 4.62. The molecule has 0 amide bonds. The molecule has 0 radical (unpaired) electrons. The minimum atomic E-state index is 0.682. The first-order valence-corrected chi connectivity index (χ1v) is 6.56. The molecule has 0 atom stereocenters. The van der Waals surface area contributed by atoms with Gasteiger partial charge in [0, 0.05) is 18.3 Å². The van der Waals surface area contributed by atoms with Gasteiger partial charge >= 0.3 is 0 Å². The molecule has 0 aliphatic carbocycles.